The summed E-state index contributed by atoms with van der Waals surface area (Å²) in [5.74, 6) is 0.741. The molecule has 3 atom stereocenters. The fraction of sp³-hybridized carbons (Fsp3) is 0.667. The lowest BCUT2D eigenvalue weighted by atomic mass is 9.87. The molecule has 5 N–H and O–H groups in total. The first-order valence-corrected chi connectivity index (χ1v) is 11.4. The number of ketones is 1. The molecule has 1 aromatic rings. The fourth-order valence-corrected chi connectivity index (χ4v) is 3.28. The number of carbonyl (C=O) groups is 2. The summed E-state index contributed by atoms with van der Waals surface area (Å²) in [6.07, 6.45) is 1.54. The predicted octanol–water partition coefficient (Wildman–Crippen LogP) is 1.75. The molecule has 0 aliphatic carbocycles. The molecule has 0 aliphatic heterocycles. The number of ether oxygens (including phenoxy) is 2. The number of nitrogens with one attached hydrogen (secondary N) is 2. The molecule has 0 radical (unpaired) electrons. The molecule has 0 aliphatic rings. The van der Waals surface area contributed by atoms with Crippen LogP contribution in [0.15, 0.2) is 24.3 Å². The van der Waals surface area contributed by atoms with E-state index in [-0.39, 0.29) is 36.6 Å². The summed E-state index contributed by atoms with van der Waals surface area (Å²) in [4.78, 5) is 23.8. The van der Waals surface area contributed by atoms with Gasteiger partial charge in [0.25, 0.3) is 5.91 Å². The molecule has 0 aromatic heterocycles. The van der Waals surface area contributed by atoms with Crippen molar-refractivity contribution >= 4 is 11.7 Å². The number of amides is 1. The van der Waals surface area contributed by atoms with Gasteiger partial charge in [0.1, 0.15) is 11.5 Å². The summed E-state index contributed by atoms with van der Waals surface area (Å²) in [7, 11) is 1.67. The van der Waals surface area contributed by atoms with E-state index in [9.17, 15) is 14.7 Å². The summed E-state index contributed by atoms with van der Waals surface area (Å²) in [6, 6.07) is 6.75. The number of nitrogens with two attached hydrogens (primary N) is 1. The quantitative estimate of drug-likeness (QED) is 0.266. The average Bonchev–Trinajstić information content (AvgIpc) is 2.75. The molecule has 0 heterocycles. The molecule has 1 aromatic carbocycles. The lowest BCUT2D eigenvalue weighted by Crippen LogP contribution is -2.45. The smallest absolute Gasteiger partial charge is 0.255 e. The summed E-state index contributed by atoms with van der Waals surface area (Å²) >= 11 is 0. The second-order valence-corrected chi connectivity index (χ2v) is 8.56. The molecular weight excluding hydrogens is 410 g/mol. The monoisotopic (exact) mass is 451 g/mol. The van der Waals surface area contributed by atoms with Gasteiger partial charge in [-0.3, -0.25) is 9.59 Å². The average molecular weight is 452 g/mol. The Morgan fingerprint density at radius 2 is 1.81 bits per heavy atom. The van der Waals surface area contributed by atoms with Crippen molar-refractivity contribution in [2.24, 2.45) is 17.6 Å². The fourth-order valence-electron chi connectivity index (χ4n) is 3.28. The highest BCUT2D eigenvalue weighted by Gasteiger charge is 2.23. The molecule has 32 heavy (non-hydrogen) atoms. The lowest BCUT2D eigenvalue weighted by molar-refractivity contribution is -0.116. The summed E-state index contributed by atoms with van der Waals surface area (Å²) in [5, 5.41) is 16.2. The number of para-hydroxylation sites is 1. The zero-order valence-electron chi connectivity index (χ0n) is 19.9. The highest BCUT2D eigenvalue weighted by molar-refractivity contribution is 5.96. The first kappa shape index (κ1) is 28.0. The van der Waals surface area contributed by atoms with Crippen LogP contribution < -0.4 is 21.1 Å². The molecule has 1 rings (SSSR count). The first-order chi connectivity index (χ1) is 15.3. The van der Waals surface area contributed by atoms with Crippen LogP contribution in [0.5, 0.6) is 5.75 Å². The number of unbranched alkanes of at least 4 members (excludes halogenated alkanes) is 1. The van der Waals surface area contributed by atoms with E-state index in [2.05, 4.69) is 24.5 Å². The van der Waals surface area contributed by atoms with Crippen LogP contribution in [0, 0.1) is 11.8 Å². The number of hydrogen-bond acceptors (Lipinski definition) is 7. The van der Waals surface area contributed by atoms with Crippen LogP contribution >= 0.6 is 0 Å². The number of benzene rings is 1. The van der Waals surface area contributed by atoms with Crippen molar-refractivity contribution in [3.8, 4) is 5.75 Å². The van der Waals surface area contributed by atoms with Gasteiger partial charge in [0.05, 0.1) is 24.8 Å². The van der Waals surface area contributed by atoms with E-state index in [0.29, 0.717) is 37.5 Å². The van der Waals surface area contributed by atoms with Gasteiger partial charge in [-0.2, -0.15) is 0 Å². The first-order valence-electron chi connectivity index (χ1n) is 11.4. The van der Waals surface area contributed by atoms with E-state index >= 15 is 0 Å². The number of aliphatic hydroxyl groups excluding tert-OH is 1. The molecular formula is C24H41N3O5. The third-order valence-corrected chi connectivity index (χ3v) is 5.40. The van der Waals surface area contributed by atoms with Crippen molar-refractivity contribution in [3.63, 3.8) is 0 Å². The van der Waals surface area contributed by atoms with Gasteiger partial charge < -0.3 is 30.9 Å². The number of hydrogen-bond donors (Lipinski definition) is 4. The molecule has 0 fully saturated rings. The Labute approximate surface area is 192 Å². The third-order valence-electron chi connectivity index (χ3n) is 5.40. The maximum atomic E-state index is 12.8. The summed E-state index contributed by atoms with van der Waals surface area (Å²) < 4.78 is 10.8. The van der Waals surface area contributed by atoms with E-state index in [1.54, 1.807) is 19.2 Å². The third kappa shape index (κ3) is 11.0. The van der Waals surface area contributed by atoms with Crippen molar-refractivity contribution in [2.75, 3.05) is 40.0 Å². The van der Waals surface area contributed by atoms with Crippen LogP contribution in [0.1, 0.15) is 50.4 Å². The van der Waals surface area contributed by atoms with Crippen LogP contribution in [0.2, 0.25) is 0 Å². The highest BCUT2D eigenvalue weighted by atomic mass is 16.5. The minimum atomic E-state index is -0.765. The zero-order valence-corrected chi connectivity index (χ0v) is 19.9. The molecule has 0 spiro atoms. The van der Waals surface area contributed by atoms with Gasteiger partial charge in [0.2, 0.25) is 0 Å². The summed E-state index contributed by atoms with van der Waals surface area (Å²) in [6.45, 7) is 7.75. The Morgan fingerprint density at radius 1 is 1.12 bits per heavy atom. The van der Waals surface area contributed by atoms with Crippen LogP contribution in [-0.4, -0.2) is 68.9 Å². The number of rotatable bonds is 17. The molecule has 1 amide bonds. The molecule has 8 heteroatoms. The van der Waals surface area contributed by atoms with Gasteiger partial charge >= 0.3 is 0 Å². The van der Waals surface area contributed by atoms with Crippen LogP contribution in [0.3, 0.4) is 0 Å². The molecule has 0 unspecified atom stereocenters. The Hall–Kier alpha value is -2.00. The second kappa shape index (κ2) is 15.7. The number of carbonyl (C=O) groups excluding carboxylic acids is 2. The zero-order chi connectivity index (χ0) is 23.9. The van der Waals surface area contributed by atoms with Crippen molar-refractivity contribution in [3.05, 3.63) is 29.8 Å². The van der Waals surface area contributed by atoms with Gasteiger partial charge in [0.15, 0.2) is 0 Å². The van der Waals surface area contributed by atoms with Crippen molar-refractivity contribution in [2.45, 2.75) is 52.2 Å². The topological polar surface area (TPSA) is 123 Å². The number of methoxy groups -OCH3 is 1. The van der Waals surface area contributed by atoms with E-state index in [4.69, 9.17) is 15.2 Å². The van der Waals surface area contributed by atoms with Gasteiger partial charge in [-0.25, -0.2) is 0 Å². The lowest BCUT2D eigenvalue weighted by Gasteiger charge is -2.27. The van der Waals surface area contributed by atoms with Gasteiger partial charge in [-0.15, -0.1) is 0 Å². The standard InChI is InChI=1S/C24H41N3O5/c1-17(2)19(13-21(25)22(29)16-26-14-18(3)28)15-27-24(30)20-9-5-6-10-23(20)32-12-8-7-11-31-4/h5-6,9-10,17,19,21-22,26,29H,7-8,11-16,25H2,1-4H3,(H,27,30)/t19-,21+,22+/m1/s1. The van der Waals surface area contributed by atoms with Crippen molar-refractivity contribution in [1.29, 1.82) is 0 Å². The molecule has 0 bridgehead atoms. The normalized spacial score (nSPS) is 14.1. The Balaban J connectivity index is 2.59. The Kier molecular flexibility index (Phi) is 13.8. The van der Waals surface area contributed by atoms with Crippen LogP contribution in [0.25, 0.3) is 0 Å². The van der Waals surface area contributed by atoms with Crippen molar-refractivity contribution in [1.82, 2.24) is 10.6 Å². The van der Waals surface area contributed by atoms with Crippen molar-refractivity contribution < 1.29 is 24.2 Å². The van der Waals surface area contributed by atoms with Gasteiger partial charge in [-0.05, 0) is 50.2 Å². The Morgan fingerprint density at radius 3 is 2.47 bits per heavy atom. The molecule has 0 saturated carbocycles. The minimum Gasteiger partial charge on any atom is -0.493 e. The molecule has 8 nitrogen and oxygen atoms in total. The van der Waals surface area contributed by atoms with Crippen LogP contribution in [0.4, 0.5) is 0 Å². The van der Waals surface area contributed by atoms with Crippen LogP contribution in [-0.2, 0) is 9.53 Å². The SMILES string of the molecule is COCCCCOc1ccccc1C(=O)NC[C@@H](C[C@H](N)[C@@H](O)CNCC(C)=O)C(C)C. The molecule has 0 saturated heterocycles. The Bertz CT molecular complexity index is 683. The maximum Gasteiger partial charge on any atom is 0.255 e. The van der Waals surface area contributed by atoms with E-state index < -0.39 is 12.1 Å². The van der Waals surface area contributed by atoms with E-state index in [0.717, 1.165) is 12.8 Å². The maximum absolute atomic E-state index is 12.8. The van der Waals surface area contributed by atoms with E-state index in [1.165, 1.54) is 6.92 Å². The predicted molar refractivity (Wildman–Crippen MR) is 126 cm³/mol. The molecule has 182 valence electrons. The largest absolute Gasteiger partial charge is 0.493 e. The van der Waals surface area contributed by atoms with Gasteiger partial charge in [-0.1, -0.05) is 26.0 Å². The van der Waals surface area contributed by atoms with Gasteiger partial charge in [0, 0.05) is 32.8 Å². The minimum absolute atomic E-state index is 0.00720. The number of aliphatic hydroxyl groups is 1. The summed E-state index contributed by atoms with van der Waals surface area (Å²) in [5.41, 5.74) is 6.69. The highest BCUT2D eigenvalue weighted by Crippen LogP contribution is 2.20. The second-order valence-electron chi connectivity index (χ2n) is 8.56. The number of Topliss-reactive ketones (excluding diaryl/α,β-unsaturated/α-hetero) is 1. The van der Waals surface area contributed by atoms with E-state index in [1.807, 2.05) is 12.1 Å².